The molecule has 0 unspecified atom stereocenters. The van der Waals surface area contributed by atoms with Gasteiger partial charge >= 0.3 is 10.1 Å². The molecule has 0 spiro atoms. The number of methoxy groups -OCH3 is 1. The van der Waals surface area contributed by atoms with Crippen LogP contribution in [-0.4, -0.2) is 15.5 Å². The standard InChI is InChI=1S/C14H11NO4S/c1-18-12-5-3-6-13(9-12)19-20(16,17)14-7-2-4-11(8-14)10-15/h2-9H,1H3. The van der Waals surface area contributed by atoms with Crippen molar-refractivity contribution in [3.63, 3.8) is 0 Å². The Hall–Kier alpha value is -2.52. The SMILES string of the molecule is COc1cccc(OS(=O)(=O)c2cccc(C#N)c2)c1. The molecule has 0 aliphatic rings. The van der Waals surface area contributed by atoms with E-state index in [1.807, 2.05) is 6.07 Å². The summed E-state index contributed by atoms with van der Waals surface area (Å²) < 4.78 is 34.2. The highest BCUT2D eigenvalue weighted by molar-refractivity contribution is 7.87. The molecule has 20 heavy (non-hydrogen) atoms. The zero-order valence-corrected chi connectivity index (χ0v) is 11.4. The van der Waals surface area contributed by atoms with E-state index in [9.17, 15) is 8.42 Å². The molecular formula is C14H11NO4S. The molecule has 0 radical (unpaired) electrons. The van der Waals surface area contributed by atoms with Crippen LogP contribution in [0.5, 0.6) is 11.5 Å². The molecule has 0 fully saturated rings. The third kappa shape index (κ3) is 3.08. The number of hydrogen-bond acceptors (Lipinski definition) is 5. The predicted octanol–water partition coefficient (Wildman–Crippen LogP) is 2.33. The van der Waals surface area contributed by atoms with Gasteiger partial charge in [0.25, 0.3) is 0 Å². The van der Waals surface area contributed by atoms with Crippen LogP contribution in [0.25, 0.3) is 0 Å². The van der Waals surface area contributed by atoms with Crippen LogP contribution in [0, 0.1) is 11.3 Å². The van der Waals surface area contributed by atoms with Gasteiger partial charge in [-0.3, -0.25) is 0 Å². The first-order chi connectivity index (χ1) is 9.55. The Labute approximate surface area is 117 Å². The second kappa shape index (κ2) is 5.63. The minimum absolute atomic E-state index is 0.0700. The molecule has 6 heteroatoms. The van der Waals surface area contributed by atoms with Crippen LogP contribution in [0.2, 0.25) is 0 Å². The second-order valence-electron chi connectivity index (χ2n) is 3.86. The molecule has 0 atom stereocenters. The number of nitrogens with zero attached hydrogens (tertiary/aromatic N) is 1. The van der Waals surface area contributed by atoms with Gasteiger partial charge < -0.3 is 8.92 Å². The van der Waals surface area contributed by atoms with Crippen molar-refractivity contribution in [1.29, 1.82) is 5.26 Å². The summed E-state index contributed by atoms with van der Waals surface area (Å²) in [4.78, 5) is -0.0700. The molecule has 0 heterocycles. The Balaban J connectivity index is 2.33. The predicted molar refractivity (Wildman–Crippen MR) is 72.0 cm³/mol. The van der Waals surface area contributed by atoms with Crippen molar-refractivity contribution in [3.8, 4) is 17.6 Å². The first-order valence-corrected chi connectivity index (χ1v) is 7.05. The summed E-state index contributed by atoms with van der Waals surface area (Å²) in [5.41, 5.74) is 0.250. The van der Waals surface area contributed by atoms with E-state index in [0.29, 0.717) is 5.75 Å². The highest BCUT2D eigenvalue weighted by atomic mass is 32.2. The molecule has 102 valence electrons. The third-order valence-corrected chi connectivity index (χ3v) is 3.74. The normalized spacial score (nSPS) is 10.6. The maximum absolute atomic E-state index is 12.1. The second-order valence-corrected chi connectivity index (χ2v) is 5.40. The van der Waals surface area contributed by atoms with E-state index < -0.39 is 10.1 Å². The molecule has 0 amide bonds. The van der Waals surface area contributed by atoms with E-state index in [1.54, 1.807) is 12.1 Å². The highest BCUT2D eigenvalue weighted by Crippen LogP contribution is 2.23. The Morgan fingerprint density at radius 1 is 1.05 bits per heavy atom. The molecule has 0 aromatic heterocycles. The van der Waals surface area contributed by atoms with Crippen LogP contribution < -0.4 is 8.92 Å². The largest absolute Gasteiger partial charge is 0.497 e. The number of hydrogen-bond donors (Lipinski definition) is 0. The van der Waals surface area contributed by atoms with Crippen LogP contribution in [0.1, 0.15) is 5.56 Å². The van der Waals surface area contributed by atoms with Gasteiger partial charge in [0.1, 0.15) is 16.4 Å². The molecule has 0 aliphatic heterocycles. The first-order valence-electron chi connectivity index (χ1n) is 5.64. The number of ether oxygens (including phenoxy) is 1. The summed E-state index contributed by atoms with van der Waals surface area (Å²) in [7, 11) is -2.50. The van der Waals surface area contributed by atoms with Gasteiger partial charge in [0.05, 0.1) is 18.7 Å². The van der Waals surface area contributed by atoms with Crippen LogP contribution >= 0.6 is 0 Å². The van der Waals surface area contributed by atoms with Crippen LogP contribution in [-0.2, 0) is 10.1 Å². The minimum Gasteiger partial charge on any atom is -0.497 e. The summed E-state index contributed by atoms with van der Waals surface area (Å²) in [6.45, 7) is 0. The number of nitriles is 1. The zero-order valence-electron chi connectivity index (χ0n) is 10.6. The maximum Gasteiger partial charge on any atom is 0.339 e. The summed E-state index contributed by atoms with van der Waals surface area (Å²) in [6, 6.07) is 13.8. The topological polar surface area (TPSA) is 76.4 Å². The van der Waals surface area contributed by atoms with Gasteiger partial charge in [-0.2, -0.15) is 13.7 Å². The fraction of sp³-hybridized carbons (Fsp3) is 0.0714. The Bertz CT molecular complexity index is 763. The van der Waals surface area contributed by atoms with Crippen molar-refractivity contribution >= 4 is 10.1 Å². The lowest BCUT2D eigenvalue weighted by molar-refractivity contribution is 0.411. The third-order valence-electron chi connectivity index (χ3n) is 2.50. The fourth-order valence-corrected chi connectivity index (χ4v) is 2.52. The van der Waals surface area contributed by atoms with Crippen LogP contribution in [0.4, 0.5) is 0 Å². The van der Waals surface area contributed by atoms with Crippen molar-refractivity contribution in [2.75, 3.05) is 7.11 Å². The number of benzene rings is 2. The van der Waals surface area contributed by atoms with Gasteiger partial charge in [-0.25, -0.2) is 0 Å². The van der Waals surface area contributed by atoms with Crippen molar-refractivity contribution in [2.24, 2.45) is 0 Å². The first kappa shape index (κ1) is 13.9. The van der Waals surface area contributed by atoms with Crippen molar-refractivity contribution in [1.82, 2.24) is 0 Å². The molecule has 0 bridgehead atoms. The summed E-state index contributed by atoms with van der Waals surface area (Å²) in [5.74, 6) is 0.634. The molecule has 2 aromatic carbocycles. The van der Waals surface area contributed by atoms with E-state index in [2.05, 4.69) is 0 Å². The lowest BCUT2D eigenvalue weighted by Crippen LogP contribution is -2.09. The zero-order chi connectivity index (χ0) is 14.6. The van der Waals surface area contributed by atoms with Crippen LogP contribution in [0.3, 0.4) is 0 Å². The van der Waals surface area contributed by atoms with E-state index in [4.69, 9.17) is 14.2 Å². The summed E-state index contributed by atoms with van der Waals surface area (Å²) >= 11 is 0. The van der Waals surface area contributed by atoms with Crippen molar-refractivity contribution < 1.29 is 17.3 Å². The van der Waals surface area contributed by atoms with Gasteiger partial charge in [0.15, 0.2) is 0 Å². The van der Waals surface area contributed by atoms with Crippen LogP contribution in [0.15, 0.2) is 53.4 Å². The van der Waals surface area contributed by atoms with E-state index in [0.717, 1.165) is 0 Å². The molecular weight excluding hydrogens is 278 g/mol. The smallest absolute Gasteiger partial charge is 0.339 e. The maximum atomic E-state index is 12.1. The number of rotatable bonds is 4. The average Bonchev–Trinajstić information content (AvgIpc) is 2.47. The molecule has 0 saturated heterocycles. The van der Waals surface area contributed by atoms with Gasteiger partial charge in [0.2, 0.25) is 0 Å². The molecule has 0 N–H and O–H groups in total. The fourth-order valence-electron chi connectivity index (χ4n) is 1.55. The molecule has 2 rings (SSSR count). The summed E-state index contributed by atoms with van der Waals surface area (Å²) in [6.07, 6.45) is 0. The molecule has 5 nitrogen and oxygen atoms in total. The average molecular weight is 289 g/mol. The van der Waals surface area contributed by atoms with E-state index in [1.165, 1.54) is 43.5 Å². The van der Waals surface area contributed by atoms with Gasteiger partial charge in [-0.05, 0) is 30.3 Å². The minimum atomic E-state index is -3.98. The van der Waals surface area contributed by atoms with Gasteiger partial charge in [-0.1, -0.05) is 12.1 Å². The van der Waals surface area contributed by atoms with Gasteiger partial charge in [0, 0.05) is 6.07 Å². The Morgan fingerprint density at radius 3 is 2.45 bits per heavy atom. The van der Waals surface area contributed by atoms with Crippen molar-refractivity contribution in [2.45, 2.75) is 4.90 Å². The lowest BCUT2D eigenvalue weighted by atomic mass is 10.2. The van der Waals surface area contributed by atoms with Crippen molar-refractivity contribution in [3.05, 3.63) is 54.1 Å². The Kier molecular flexibility index (Phi) is 3.91. The molecule has 2 aromatic rings. The highest BCUT2D eigenvalue weighted by Gasteiger charge is 2.17. The van der Waals surface area contributed by atoms with E-state index in [-0.39, 0.29) is 16.2 Å². The van der Waals surface area contributed by atoms with Gasteiger partial charge in [-0.15, -0.1) is 0 Å². The quantitative estimate of drug-likeness (QED) is 0.807. The molecule has 0 aliphatic carbocycles. The van der Waals surface area contributed by atoms with E-state index >= 15 is 0 Å². The lowest BCUT2D eigenvalue weighted by Gasteiger charge is -2.08. The molecule has 0 saturated carbocycles. The summed E-state index contributed by atoms with van der Waals surface area (Å²) in [5, 5.41) is 8.78. The Morgan fingerprint density at radius 2 is 1.75 bits per heavy atom. The monoisotopic (exact) mass is 289 g/mol.